The molecule has 0 saturated heterocycles. The highest BCUT2D eigenvalue weighted by Crippen LogP contribution is 2.20. The molecular weight excluding hydrogens is 403 g/mol. The number of hydrazine groups is 1. The third-order valence-corrected chi connectivity index (χ3v) is 3.76. The van der Waals surface area contributed by atoms with Gasteiger partial charge >= 0.3 is 0 Å². The number of nitro groups is 1. The number of hydrogen-bond acceptors (Lipinski definition) is 5. The van der Waals surface area contributed by atoms with Gasteiger partial charge in [-0.05, 0) is 36.5 Å². The summed E-state index contributed by atoms with van der Waals surface area (Å²) in [6.45, 7) is 0. The largest absolute Gasteiger partial charge is 0.298 e. The number of nitro benzene ring substituents is 1. The summed E-state index contributed by atoms with van der Waals surface area (Å²) < 4.78 is 0. The van der Waals surface area contributed by atoms with Crippen molar-refractivity contribution >= 4 is 58.0 Å². The minimum Gasteiger partial charge on any atom is -0.298 e. The molecule has 2 amide bonds. The van der Waals surface area contributed by atoms with Crippen LogP contribution in [0.5, 0.6) is 0 Å². The van der Waals surface area contributed by atoms with E-state index in [1.165, 1.54) is 36.4 Å². The maximum absolute atomic E-state index is 12.1. The molecule has 0 heterocycles. The van der Waals surface area contributed by atoms with Gasteiger partial charge in [-0.25, -0.2) is 0 Å². The second-order valence-corrected chi connectivity index (χ2v) is 6.05. The van der Waals surface area contributed by atoms with Crippen LogP contribution in [-0.4, -0.2) is 21.9 Å². The van der Waals surface area contributed by atoms with E-state index in [0.717, 1.165) is 6.07 Å². The lowest BCUT2D eigenvalue weighted by Crippen LogP contribution is -2.48. The maximum Gasteiger partial charge on any atom is 0.270 e. The summed E-state index contributed by atoms with van der Waals surface area (Å²) in [6.07, 6.45) is 0. The predicted octanol–water partition coefficient (Wildman–Crippen LogP) is 2.85. The first-order chi connectivity index (χ1) is 12.3. The lowest BCUT2D eigenvalue weighted by atomic mass is 10.2. The molecule has 0 radical (unpaired) electrons. The second-order valence-electron chi connectivity index (χ2n) is 4.79. The van der Waals surface area contributed by atoms with Crippen molar-refractivity contribution in [2.45, 2.75) is 0 Å². The lowest BCUT2D eigenvalue weighted by molar-refractivity contribution is -0.384. The molecule has 26 heavy (non-hydrogen) atoms. The SMILES string of the molecule is O=C(NNC(=S)NC(=O)c1ccc(Cl)cc1Cl)c1cccc([N+](=O)[O-])c1. The van der Waals surface area contributed by atoms with E-state index in [9.17, 15) is 19.7 Å². The topological polar surface area (TPSA) is 113 Å². The van der Waals surface area contributed by atoms with Crippen molar-refractivity contribution in [3.8, 4) is 0 Å². The Hall–Kier alpha value is -2.75. The molecule has 0 aliphatic heterocycles. The lowest BCUT2D eigenvalue weighted by Gasteiger charge is -2.11. The van der Waals surface area contributed by atoms with Crippen molar-refractivity contribution in [3.63, 3.8) is 0 Å². The van der Waals surface area contributed by atoms with E-state index in [4.69, 9.17) is 35.4 Å². The highest BCUT2D eigenvalue weighted by Gasteiger charge is 2.14. The number of carbonyl (C=O) groups excluding carboxylic acids is 2. The van der Waals surface area contributed by atoms with E-state index in [1.54, 1.807) is 0 Å². The van der Waals surface area contributed by atoms with Gasteiger partial charge in [-0.1, -0.05) is 29.3 Å². The average Bonchev–Trinajstić information content (AvgIpc) is 2.59. The van der Waals surface area contributed by atoms with Crippen LogP contribution in [0.25, 0.3) is 0 Å². The van der Waals surface area contributed by atoms with Crippen LogP contribution in [0.3, 0.4) is 0 Å². The summed E-state index contributed by atoms with van der Waals surface area (Å²) in [4.78, 5) is 34.1. The van der Waals surface area contributed by atoms with Gasteiger partial charge < -0.3 is 0 Å². The Bertz CT molecular complexity index is 907. The zero-order valence-electron chi connectivity index (χ0n) is 12.8. The predicted molar refractivity (Wildman–Crippen MR) is 100 cm³/mol. The molecule has 0 atom stereocenters. The second kappa shape index (κ2) is 8.56. The zero-order valence-corrected chi connectivity index (χ0v) is 15.1. The molecule has 0 aliphatic rings. The monoisotopic (exact) mass is 412 g/mol. The third kappa shape index (κ3) is 5.12. The molecule has 0 aromatic heterocycles. The highest BCUT2D eigenvalue weighted by molar-refractivity contribution is 7.80. The first-order valence-electron chi connectivity index (χ1n) is 6.89. The molecular formula is C15H10Cl2N4O4S. The van der Waals surface area contributed by atoms with Gasteiger partial charge in [0, 0.05) is 22.7 Å². The van der Waals surface area contributed by atoms with E-state index >= 15 is 0 Å². The summed E-state index contributed by atoms with van der Waals surface area (Å²) in [5.41, 5.74) is 4.50. The van der Waals surface area contributed by atoms with Gasteiger partial charge in [-0.3, -0.25) is 35.9 Å². The van der Waals surface area contributed by atoms with Gasteiger partial charge in [-0.2, -0.15) is 0 Å². The van der Waals surface area contributed by atoms with Crippen molar-refractivity contribution in [1.82, 2.24) is 16.2 Å². The minimum absolute atomic E-state index is 0.0431. The smallest absolute Gasteiger partial charge is 0.270 e. The van der Waals surface area contributed by atoms with Gasteiger partial charge in [0.25, 0.3) is 17.5 Å². The number of thiocarbonyl (C=S) groups is 1. The number of rotatable bonds is 3. The van der Waals surface area contributed by atoms with Crippen LogP contribution in [-0.2, 0) is 0 Å². The van der Waals surface area contributed by atoms with Crippen molar-refractivity contribution < 1.29 is 14.5 Å². The summed E-state index contributed by atoms with van der Waals surface area (Å²) in [5.74, 6) is -1.27. The van der Waals surface area contributed by atoms with Gasteiger partial charge in [0.15, 0.2) is 5.11 Å². The molecule has 3 N–H and O–H groups in total. The molecule has 11 heteroatoms. The van der Waals surface area contributed by atoms with Crippen LogP contribution in [0, 0.1) is 10.1 Å². The average molecular weight is 413 g/mol. The maximum atomic E-state index is 12.1. The molecule has 0 saturated carbocycles. The number of nitrogens with one attached hydrogen (secondary N) is 3. The zero-order chi connectivity index (χ0) is 19.3. The molecule has 0 bridgehead atoms. The Kier molecular flexibility index (Phi) is 6.45. The van der Waals surface area contributed by atoms with E-state index in [2.05, 4.69) is 16.2 Å². The molecule has 2 aromatic rings. The first-order valence-corrected chi connectivity index (χ1v) is 8.05. The molecule has 0 spiro atoms. The number of amides is 2. The third-order valence-electron chi connectivity index (χ3n) is 3.01. The number of benzene rings is 2. The van der Waals surface area contributed by atoms with Crippen LogP contribution < -0.4 is 16.2 Å². The van der Waals surface area contributed by atoms with Crippen LogP contribution in [0.2, 0.25) is 10.0 Å². The van der Waals surface area contributed by atoms with E-state index in [-0.39, 0.29) is 26.9 Å². The minimum atomic E-state index is -0.671. The van der Waals surface area contributed by atoms with Gasteiger partial charge in [0.05, 0.1) is 15.5 Å². The normalized spacial score (nSPS) is 9.92. The van der Waals surface area contributed by atoms with Crippen molar-refractivity contribution in [3.05, 3.63) is 73.8 Å². The van der Waals surface area contributed by atoms with Crippen molar-refractivity contribution in [2.24, 2.45) is 0 Å². The van der Waals surface area contributed by atoms with Crippen LogP contribution in [0.4, 0.5) is 5.69 Å². The number of non-ortho nitro benzene ring substituents is 1. The summed E-state index contributed by atoms with van der Waals surface area (Å²) >= 11 is 16.6. The Morgan fingerprint density at radius 2 is 1.77 bits per heavy atom. The Balaban J connectivity index is 1.94. The van der Waals surface area contributed by atoms with E-state index in [0.29, 0.717) is 5.02 Å². The number of halogens is 2. The molecule has 134 valence electrons. The molecule has 0 aliphatic carbocycles. The highest BCUT2D eigenvalue weighted by atomic mass is 35.5. The van der Waals surface area contributed by atoms with Crippen molar-refractivity contribution in [1.29, 1.82) is 0 Å². The van der Waals surface area contributed by atoms with Gasteiger partial charge in [0.2, 0.25) is 0 Å². The molecule has 0 unspecified atom stereocenters. The first kappa shape index (κ1) is 19.6. The number of nitrogens with zero attached hydrogens (tertiary/aromatic N) is 1. The Morgan fingerprint density at radius 1 is 1.04 bits per heavy atom. The van der Waals surface area contributed by atoms with Crippen molar-refractivity contribution in [2.75, 3.05) is 0 Å². The Labute approximate surface area is 162 Å². The molecule has 0 fully saturated rings. The standard InChI is InChI=1S/C15H10Cl2N4O4S/c16-9-4-5-11(12(17)7-9)14(23)18-15(26)20-19-13(22)8-2-1-3-10(6-8)21(24)25/h1-7H,(H,19,22)(H2,18,20,23,26). The van der Waals surface area contributed by atoms with Crippen LogP contribution >= 0.6 is 35.4 Å². The number of carbonyl (C=O) groups is 2. The van der Waals surface area contributed by atoms with Gasteiger partial charge in [-0.15, -0.1) is 0 Å². The molecule has 8 nitrogen and oxygen atoms in total. The molecule has 2 rings (SSSR count). The van der Waals surface area contributed by atoms with Crippen LogP contribution in [0.1, 0.15) is 20.7 Å². The van der Waals surface area contributed by atoms with Gasteiger partial charge in [0.1, 0.15) is 0 Å². The summed E-state index contributed by atoms with van der Waals surface area (Å²) in [6, 6.07) is 9.43. The quantitative estimate of drug-likeness (QED) is 0.405. The van der Waals surface area contributed by atoms with Crippen LogP contribution in [0.15, 0.2) is 42.5 Å². The fourth-order valence-corrected chi connectivity index (χ4v) is 2.46. The molecule has 2 aromatic carbocycles. The summed E-state index contributed by atoms with van der Waals surface area (Å²) in [7, 11) is 0. The fraction of sp³-hybridized carbons (Fsp3) is 0. The van der Waals surface area contributed by atoms with E-state index in [1.807, 2.05) is 0 Å². The summed E-state index contributed by atoms with van der Waals surface area (Å²) in [5, 5.41) is 13.4. The van der Waals surface area contributed by atoms with E-state index < -0.39 is 16.7 Å². The number of hydrogen-bond donors (Lipinski definition) is 3. The Morgan fingerprint density at radius 3 is 2.42 bits per heavy atom. The fourth-order valence-electron chi connectivity index (χ4n) is 1.82.